The minimum atomic E-state index is -0.0844. The first-order valence-corrected chi connectivity index (χ1v) is 11.1. The SMILES string of the molecule is CCc1cc(=O)n(CCNC(=O)C2CCN(c3ccc(-c4ccccc4)nn3)CC2)cn1. The maximum absolute atomic E-state index is 12.6. The van der Waals surface area contributed by atoms with Crippen molar-refractivity contribution in [2.24, 2.45) is 5.92 Å². The number of benzene rings is 1. The third-order valence-corrected chi connectivity index (χ3v) is 5.86. The number of hydrogen-bond acceptors (Lipinski definition) is 6. The van der Waals surface area contributed by atoms with Crippen LogP contribution in [-0.2, 0) is 17.8 Å². The Morgan fingerprint density at radius 1 is 1.09 bits per heavy atom. The highest BCUT2D eigenvalue weighted by atomic mass is 16.2. The molecule has 1 aliphatic heterocycles. The molecule has 1 aromatic carbocycles. The van der Waals surface area contributed by atoms with Crippen molar-refractivity contribution in [1.82, 2.24) is 25.1 Å². The van der Waals surface area contributed by atoms with Gasteiger partial charge in [0.2, 0.25) is 5.91 Å². The van der Waals surface area contributed by atoms with Crippen LogP contribution >= 0.6 is 0 Å². The number of carbonyl (C=O) groups is 1. The molecule has 0 atom stereocenters. The molecule has 2 aromatic heterocycles. The van der Waals surface area contributed by atoms with Gasteiger partial charge in [-0.3, -0.25) is 14.2 Å². The van der Waals surface area contributed by atoms with Crippen molar-refractivity contribution in [2.45, 2.75) is 32.7 Å². The van der Waals surface area contributed by atoms with Gasteiger partial charge in [0.1, 0.15) is 0 Å². The van der Waals surface area contributed by atoms with Gasteiger partial charge in [0, 0.05) is 49.4 Å². The third-order valence-electron chi connectivity index (χ3n) is 5.86. The van der Waals surface area contributed by atoms with Crippen molar-refractivity contribution in [3.63, 3.8) is 0 Å². The lowest BCUT2D eigenvalue weighted by Gasteiger charge is -2.31. The summed E-state index contributed by atoms with van der Waals surface area (Å²) >= 11 is 0. The van der Waals surface area contributed by atoms with Crippen LogP contribution in [0.2, 0.25) is 0 Å². The molecule has 1 amide bonds. The zero-order valence-electron chi connectivity index (χ0n) is 18.3. The van der Waals surface area contributed by atoms with Gasteiger partial charge in [-0.15, -0.1) is 10.2 Å². The minimum Gasteiger partial charge on any atom is -0.355 e. The van der Waals surface area contributed by atoms with Gasteiger partial charge in [-0.25, -0.2) is 4.98 Å². The molecule has 32 heavy (non-hydrogen) atoms. The Bertz CT molecular complexity index is 1090. The Kier molecular flexibility index (Phi) is 6.89. The highest BCUT2D eigenvalue weighted by Crippen LogP contribution is 2.23. The molecule has 1 N–H and O–H groups in total. The van der Waals surface area contributed by atoms with Gasteiger partial charge in [-0.2, -0.15) is 0 Å². The molecule has 0 bridgehead atoms. The zero-order valence-corrected chi connectivity index (χ0v) is 18.3. The summed E-state index contributed by atoms with van der Waals surface area (Å²) in [5, 5.41) is 11.7. The fourth-order valence-electron chi connectivity index (χ4n) is 3.90. The Hall–Kier alpha value is -3.55. The molecule has 0 aliphatic carbocycles. The van der Waals surface area contributed by atoms with Gasteiger partial charge < -0.3 is 10.2 Å². The number of hydrogen-bond donors (Lipinski definition) is 1. The first kappa shape index (κ1) is 21.7. The fourth-order valence-corrected chi connectivity index (χ4v) is 3.90. The fraction of sp³-hybridized carbons (Fsp3) is 0.375. The number of piperidine rings is 1. The maximum atomic E-state index is 12.6. The molecule has 3 aromatic rings. The average Bonchev–Trinajstić information content (AvgIpc) is 2.85. The van der Waals surface area contributed by atoms with Gasteiger partial charge >= 0.3 is 0 Å². The first-order chi connectivity index (χ1) is 15.6. The van der Waals surface area contributed by atoms with E-state index in [0.29, 0.717) is 13.1 Å². The molecule has 4 rings (SSSR count). The van der Waals surface area contributed by atoms with E-state index in [1.807, 2.05) is 49.4 Å². The topological polar surface area (TPSA) is 93.0 Å². The Labute approximate surface area is 187 Å². The molecular formula is C24H28N6O2. The Balaban J connectivity index is 1.24. The molecule has 3 heterocycles. The van der Waals surface area contributed by atoms with E-state index in [2.05, 4.69) is 25.4 Å². The summed E-state index contributed by atoms with van der Waals surface area (Å²) < 4.78 is 1.53. The summed E-state index contributed by atoms with van der Waals surface area (Å²) in [6, 6.07) is 15.5. The van der Waals surface area contributed by atoms with Gasteiger partial charge in [0.05, 0.1) is 12.0 Å². The standard InChI is InChI=1S/C24H28N6O2/c1-2-20-16-23(31)30(17-26-20)15-12-25-24(32)19-10-13-29(14-11-19)22-9-8-21(27-28-22)18-6-4-3-5-7-18/h3-9,16-17,19H,2,10-15H2,1H3,(H,25,32). The third kappa shape index (κ3) is 5.19. The summed E-state index contributed by atoms with van der Waals surface area (Å²) in [4.78, 5) is 31.0. The van der Waals surface area contributed by atoms with Gasteiger partial charge in [-0.1, -0.05) is 37.3 Å². The van der Waals surface area contributed by atoms with Gasteiger partial charge in [0.25, 0.3) is 5.56 Å². The Morgan fingerprint density at radius 2 is 1.88 bits per heavy atom. The number of rotatable bonds is 7. The molecule has 0 unspecified atom stereocenters. The van der Waals surface area contributed by atoms with Crippen LogP contribution in [0.1, 0.15) is 25.5 Å². The van der Waals surface area contributed by atoms with E-state index < -0.39 is 0 Å². The van der Waals surface area contributed by atoms with Crippen molar-refractivity contribution in [3.8, 4) is 11.3 Å². The summed E-state index contributed by atoms with van der Waals surface area (Å²) in [6.07, 6.45) is 3.81. The molecular weight excluding hydrogens is 404 g/mol. The summed E-state index contributed by atoms with van der Waals surface area (Å²) in [5.74, 6) is 0.854. The van der Waals surface area contributed by atoms with E-state index in [0.717, 1.165) is 55.1 Å². The molecule has 1 aliphatic rings. The predicted molar refractivity (Wildman–Crippen MR) is 123 cm³/mol. The van der Waals surface area contributed by atoms with Gasteiger partial charge in [-0.05, 0) is 31.4 Å². The number of aromatic nitrogens is 4. The monoisotopic (exact) mass is 432 g/mol. The van der Waals surface area contributed by atoms with Crippen LogP contribution < -0.4 is 15.8 Å². The molecule has 1 saturated heterocycles. The molecule has 0 radical (unpaired) electrons. The van der Waals surface area contributed by atoms with Crippen LogP contribution in [-0.4, -0.2) is 45.3 Å². The second kappa shape index (κ2) is 10.2. The number of aryl methyl sites for hydroxylation is 1. The predicted octanol–water partition coefficient (Wildman–Crippen LogP) is 2.30. The van der Waals surface area contributed by atoms with Crippen molar-refractivity contribution in [1.29, 1.82) is 0 Å². The number of nitrogens with zero attached hydrogens (tertiary/aromatic N) is 5. The van der Waals surface area contributed by atoms with E-state index in [4.69, 9.17) is 0 Å². The zero-order chi connectivity index (χ0) is 22.3. The second-order valence-corrected chi connectivity index (χ2v) is 7.96. The van der Waals surface area contributed by atoms with Crippen molar-refractivity contribution in [2.75, 3.05) is 24.5 Å². The van der Waals surface area contributed by atoms with Crippen molar-refractivity contribution < 1.29 is 4.79 Å². The summed E-state index contributed by atoms with van der Waals surface area (Å²) in [7, 11) is 0. The second-order valence-electron chi connectivity index (χ2n) is 7.96. The average molecular weight is 433 g/mol. The smallest absolute Gasteiger partial charge is 0.253 e. The maximum Gasteiger partial charge on any atom is 0.253 e. The van der Waals surface area contributed by atoms with Crippen LogP contribution in [0, 0.1) is 5.92 Å². The Morgan fingerprint density at radius 3 is 2.53 bits per heavy atom. The molecule has 0 spiro atoms. The number of nitrogens with one attached hydrogen (secondary N) is 1. The molecule has 8 nitrogen and oxygen atoms in total. The number of anilines is 1. The van der Waals surface area contributed by atoms with E-state index in [1.54, 1.807) is 12.4 Å². The lowest BCUT2D eigenvalue weighted by atomic mass is 9.96. The summed E-state index contributed by atoms with van der Waals surface area (Å²) in [5.41, 5.74) is 2.59. The highest BCUT2D eigenvalue weighted by Gasteiger charge is 2.25. The quantitative estimate of drug-likeness (QED) is 0.616. The van der Waals surface area contributed by atoms with Crippen LogP contribution in [0.5, 0.6) is 0 Å². The lowest BCUT2D eigenvalue weighted by molar-refractivity contribution is -0.125. The highest BCUT2D eigenvalue weighted by molar-refractivity contribution is 5.78. The molecule has 166 valence electrons. The normalized spacial score (nSPS) is 14.3. The van der Waals surface area contributed by atoms with E-state index in [1.165, 1.54) is 4.57 Å². The van der Waals surface area contributed by atoms with Gasteiger partial charge in [0.15, 0.2) is 5.82 Å². The molecule has 0 saturated carbocycles. The van der Waals surface area contributed by atoms with Crippen LogP contribution in [0.25, 0.3) is 11.3 Å². The molecule has 8 heteroatoms. The number of carbonyl (C=O) groups excluding carboxylic acids is 1. The van der Waals surface area contributed by atoms with Crippen LogP contribution in [0.15, 0.2) is 59.7 Å². The minimum absolute atomic E-state index is 0.0277. The first-order valence-electron chi connectivity index (χ1n) is 11.1. The van der Waals surface area contributed by atoms with E-state index >= 15 is 0 Å². The molecule has 1 fully saturated rings. The van der Waals surface area contributed by atoms with E-state index in [9.17, 15) is 9.59 Å². The van der Waals surface area contributed by atoms with Crippen LogP contribution in [0.4, 0.5) is 5.82 Å². The van der Waals surface area contributed by atoms with E-state index in [-0.39, 0.29) is 17.4 Å². The number of amides is 1. The van der Waals surface area contributed by atoms with Crippen molar-refractivity contribution >= 4 is 11.7 Å². The largest absolute Gasteiger partial charge is 0.355 e. The van der Waals surface area contributed by atoms with Crippen molar-refractivity contribution in [3.05, 3.63) is 70.9 Å². The summed E-state index contributed by atoms with van der Waals surface area (Å²) in [6.45, 7) is 4.32. The van der Waals surface area contributed by atoms with Crippen LogP contribution in [0.3, 0.4) is 0 Å². The lowest BCUT2D eigenvalue weighted by Crippen LogP contribution is -2.42.